The Labute approximate surface area is 141 Å². The number of urea groups is 1. The highest BCUT2D eigenvalue weighted by atomic mass is 16.4. The van der Waals surface area contributed by atoms with Gasteiger partial charge in [-0.2, -0.15) is 0 Å². The number of carbonyl (C=O) groups is 3. The maximum Gasteiger partial charge on any atom is 0.335 e. The van der Waals surface area contributed by atoms with E-state index in [0.717, 1.165) is 5.56 Å². The van der Waals surface area contributed by atoms with Crippen molar-refractivity contribution in [2.45, 2.75) is 20.4 Å². The molecule has 0 atom stereocenters. The highest BCUT2D eigenvalue weighted by molar-refractivity contribution is 5.87. The number of carboxylic acids is 1. The molecule has 1 aliphatic rings. The van der Waals surface area contributed by atoms with Gasteiger partial charge in [0.15, 0.2) is 0 Å². The summed E-state index contributed by atoms with van der Waals surface area (Å²) in [4.78, 5) is 38.3. The summed E-state index contributed by atoms with van der Waals surface area (Å²) >= 11 is 0. The molecule has 7 nitrogen and oxygen atoms in total. The molecule has 1 aromatic rings. The minimum atomic E-state index is -0.983. The fraction of sp³-hybridized carbons (Fsp3) is 0.471. The van der Waals surface area contributed by atoms with Gasteiger partial charge in [-0.1, -0.05) is 26.0 Å². The van der Waals surface area contributed by atoms with E-state index in [4.69, 9.17) is 5.11 Å². The molecule has 0 bridgehead atoms. The summed E-state index contributed by atoms with van der Waals surface area (Å²) in [5.74, 6) is -0.609. The number of hydrogen-bond donors (Lipinski definition) is 2. The molecule has 7 heteroatoms. The quantitative estimate of drug-likeness (QED) is 0.852. The van der Waals surface area contributed by atoms with Crippen molar-refractivity contribution in [3.8, 4) is 0 Å². The molecular formula is C17H23N3O4. The molecule has 1 saturated heterocycles. The van der Waals surface area contributed by atoms with Gasteiger partial charge >= 0.3 is 12.0 Å². The molecule has 2 rings (SSSR count). The molecule has 130 valence electrons. The maximum atomic E-state index is 12.2. The number of benzene rings is 1. The zero-order chi connectivity index (χ0) is 17.7. The number of carbonyl (C=O) groups excluding carboxylic acids is 2. The van der Waals surface area contributed by atoms with Gasteiger partial charge in [0, 0.05) is 26.2 Å². The molecule has 1 heterocycles. The zero-order valence-corrected chi connectivity index (χ0v) is 14.0. The van der Waals surface area contributed by atoms with E-state index in [9.17, 15) is 14.4 Å². The van der Waals surface area contributed by atoms with E-state index in [1.54, 1.807) is 17.0 Å². The second-order valence-corrected chi connectivity index (χ2v) is 6.32. The van der Waals surface area contributed by atoms with Crippen LogP contribution < -0.4 is 5.32 Å². The number of amides is 3. The lowest BCUT2D eigenvalue weighted by Crippen LogP contribution is -2.55. The minimum Gasteiger partial charge on any atom is -0.478 e. The first kappa shape index (κ1) is 17.8. The van der Waals surface area contributed by atoms with Crippen molar-refractivity contribution in [3.63, 3.8) is 0 Å². The molecule has 1 fully saturated rings. The van der Waals surface area contributed by atoms with Crippen LogP contribution in [0.5, 0.6) is 0 Å². The summed E-state index contributed by atoms with van der Waals surface area (Å²) in [6.07, 6.45) is 0. The largest absolute Gasteiger partial charge is 0.478 e. The Balaban J connectivity index is 1.83. The summed E-state index contributed by atoms with van der Waals surface area (Å²) in [7, 11) is 0. The van der Waals surface area contributed by atoms with Crippen molar-refractivity contribution >= 4 is 17.9 Å². The molecule has 1 aromatic carbocycles. The summed E-state index contributed by atoms with van der Waals surface area (Å²) < 4.78 is 0. The third-order valence-corrected chi connectivity index (χ3v) is 3.84. The van der Waals surface area contributed by atoms with Crippen LogP contribution in [0.2, 0.25) is 0 Å². The maximum absolute atomic E-state index is 12.2. The average molecular weight is 333 g/mol. The SMILES string of the molecule is CC(C)CN1CCN(C(=O)NCc2ccc(C(=O)O)cc2)CC1=O. The number of carboxylic acid groups (broad SMARTS) is 1. The van der Waals surface area contributed by atoms with Gasteiger partial charge in [-0.3, -0.25) is 4.79 Å². The fourth-order valence-electron chi connectivity index (χ4n) is 2.57. The topological polar surface area (TPSA) is 89.9 Å². The average Bonchev–Trinajstić information content (AvgIpc) is 2.54. The second kappa shape index (κ2) is 7.81. The van der Waals surface area contributed by atoms with Crippen molar-refractivity contribution in [1.82, 2.24) is 15.1 Å². The highest BCUT2D eigenvalue weighted by Crippen LogP contribution is 2.08. The second-order valence-electron chi connectivity index (χ2n) is 6.32. The normalized spacial score (nSPS) is 14.9. The van der Waals surface area contributed by atoms with Crippen molar-refractivity contribution in [3.05, 3.63) is 35.4 Å². The Morgan fingerprint density at radius 2 is 1.88 bits per heavy atom. The van der Waals surface area contributed by atoms with E-state index < -0.39 is 5.97 Å². The van der Waals surface area contributed by atoms with Crippen LogP contribution in [0.1, 0.15) is 29.8 Å². The molecular weight excluding hydrogens is 310 g/mol. The van der Waals surface area contributed by atoms with Crippen LogP contribution >= 0.6 is 0 Å². The van der Waals surface area contributed by atoms with Crippen molar-refractivity contribution in [1.29, 1.82) is 0 Å². The Kier molecular flexibility index (Phi) is 5.78. The predicted molar refractivity (Wildman–Crippen MR) is 88.6 cm³/mol. The Morgan fingerprint density at radius 3 is 2.42 bits per heavy atom. The first-order chi connectivity index (χ1) is 11.4. The molecule has 3 amide bonds. The number of nitrogens with zero attached hydrogens (tertiary/aromatic N) is 2. The Hall–Kier alpha value is -2.57. The predicted octanol–water partition coefficient (Wildman–Crippen LogP) is 1.39. The molecule has 1 aliphatic heterocycles. The van der Waals surface area contributed by atoms with E-state index >= 15 is 0 Å². The first-order valence-corrected chi connectivity index (χ1v) is 7.99. The summed E-state index contributed by atoms with van der Waals surface area (Å²) in [5.41, 5.74) is 1.01. The smallest absolute Gasteiger partial charge is 0.335 e. The van der Waals surface area contributed by atoms with Gasteiger partial charge in [0.1, 0.15) is 6.54 Å². The summed E-state index contributed by atoms with van der Waals surface area (Å²) in [6.45, 7) is 6.28. The minimum absolute atomic E-state index is 0.0316. The Bertz CT molecular complexity index is 613. The van der Waals surface area contributed by atoms with E-state index in [0.29, 0.717) is 32.1 Å². The van der Waals surface area contributed by atoms with Crippen LogP contribution in [0.3, 0.4) is 0 Å². The first-order valence-electron chi connectivity index (χ1n) is 7.99. The molecule has 0 radical (unpaired) electrons. The van der Waals surface area contributed by atoms with Gasteiger partial charge < -0.3 is 20.2 Å². The van der Waals surface area contributed by atoms with Gasteiger partial charge in [-0.15, -0.1) is 0 Å². The number of hydrogen-bond acceptors (Lipinski definition) is 3. The number of rotatable bonds is 5. The van der Waals surface area contributed by atoms with Crippen molar-refractivity contribution in [2.75, 3.05) is 26.2 Å². The van der Waals surface area contributed by atoms with E-state index in [1.807, 2.05) is 0 Å². The van der Waals surface area contributed by atoms with Crippen LogP contribution in [0, 0.1) is 5.92 Å². The van der Waals surface area contributed by atoms with Crippen LogP contribution in [-0.2, 0) is 11.3 Å². The van der Waals surface area contributed by atoms with E-state index in [1.165, 1.54) is 17.0 Å². The van der Waals surface area contributed by atoms with Crippen LogP contribution in [0.4, 0.5) is 4.79 Å². The van der Waals surface area contributed by atoms with E-state index in [2.05, 4.69) is 19.2 Å². The van der Waals surface area contributed by atoms with Gasteiger partial charge in [-0.25, -0.2) is 9.59 Å². The van der Waals surface area contributed by atoms with Crippen LogP contribution in [-0.4, -0.2) is 59.0 Å². The monoisotopic (exact) mass is 333 g/mol. The zero-order valence-electron chi connectivity index (χ0n) is 14.0. The van der Waals surface area contributed by atoms with Gasteiger partial charge in [0.2, 0.25) is 5.91 Å². The lowest BCUT2D eigenvalue weighted by Gasteiger charge is -2.35. The molecule has 0 unspecified atom stereocenters. The summed E-state index contributed by atoms with van der Waals surface area (Å²) in [6, 6.07) is 6.04. The number of aromatic carboxylic acids is 1. The number of piperazine rings is 1. The van der Waals surface area contributed by atoms with Crippen LogP contribution in [0.25, 0.3) is 0 Å². The van der Waals surface area contributed by atoms with Gasteiger partial charge in [-0.05, 0) is 23.6 Å². The van der Waals surface area contributed by atoms with E-state index in [-0.39, 0.29) is 24.0 Å². The van der Waals surface area contributed by atoms with Gasteiger partial charge in [0.25, 0.3) is 0 Å². The molecule has 0 saturated carbocycles. The fourth-order valence-corrected chi connectivity index (χ4v) is 2.57. The van der Waals surface area contributed by atoms with Gasteiger partial charge in [0.05, 0.1) is 5.56 Å². The highest BCUT2D eigenvalue weighted by Gasteiger charge is 2.27. The summed E-state index contributed by atoms with van der Waals surface area (Å²) in [5, 5.41) is 11.6. The molecule has 24 heavy (non-hydrogen) atoms. The lowest BCUT2D eigenvalue weighted by molar-refractivity contribution is -0.135. The lowest BCUT2D eigenvalue weighted by atomic mass is 10.1. The van der Waals surface area contributed by atoms with Crippen molar-refractivity contribution < 1.29 is 19.5 Å². The third kappa shape index (κ3) is 4.71. The van der Waals surface area contributed by atoms with Crippen LogP contribution in [0.15, 0.2) is 24.3 Å². The third-order valence-electron chi connectivity index (χ3n) is 3.84. The number of nitrogens with one attached hydrogen (secondary N) is 1. The molecule has 0 aliphatic carbocycles. The molecule has 0 aromatic heterocycles. The van der Waals surface area contributed by atoms with Crippen molar-refractivity contribution in [2.24, 2.45) is 5.92 Å². The molecule has 0 spiro atoms. The Morgan fingerprint density at radius 1 is 1.21 bits per heavy atom. The standard InChI is InChI=1S/C17H23N3O4/c1-12(2)10-19-7-8-20(11-15(19)21)17(24)18-9-13-3-5-14(6-4-13)16(22)23/h3-6,12H,7-11H2,1-2H3,(H,18,24)(H,22,23). The molecule has 2 N–H and O–H groups in total.